The molecule has 0 radical (unpaired) electrons. The summed E-state index contributed by atoms with van der Waals surface area (Å²) < 4.78 is 25.3. The van der Waals surface area contributed by atoms with Crippen LogP contribution in [0.1, 0.15) is 13.8 Å². The van der Waals surface area contributed by atoms with Gasteiger partial charge in [-0.3, -0.25) is 9.42 Å². The van der Waals surface area contributed by atoms with Crippen molar-refractivity contribution in [2.45, 2.75) is 19.9 Å². The first-order valence-electron chi connectivity index (χ1n) is 6.01. The van der Waals surface area contributed by atoms with E-state index in [1.54, 1.807) is 0 Å². The molecule has 1 fully saturated rings. The highest BCUT2D eigenvalue weighted by Crippen LogP contribution is 2.36. The normalized spacial score (nSPS) is 20.7. The third kappa shape index (κ3) is 6.35. The van der Waals surface area contributed by atoms with E-state index < -0.39 is 20.0 Å². The molecule has 1 rings (SSSR count). The van der Waals surface area contributed by atoms with Crippen molar-refractivity contribution in [3.8, 4) is 0 Å². The summed E-state index contributed by atoms with van der Waals surface area (Å²) >= 11 is 0. The van der Waals surface area contributed by atoms with Crippen LogP contribution in [-0.4, -0.2) is 59.8 Å². The standard InChI is InChI=1S/C10H20NO7P/c1-8(2)5-17-10(12)11-3-4-16-6-9(11)7-18-19(13,14)15/h8-9H,3-7H2,1-2H3,(H2,13,14,15)/t9-/m1/s1. The number of amides is 1. The molecule has 1 saturated heterocycles. The largest absolute Gasteiger partial charge is 0.469 e. The van der Waals surface area contributed by atoms with E-state index in [9.17, 15) is 9.36 Å². The number of hydrogen-bond donors (Lipinski definition) is 2. The summed E-state index contributed by atoms with van der Waals surface area (Å²) in [6.07, 6.45) is -0.517. The fourth-order valence-corrected chi connectivity index (χ4v) is 1.90. The van der Waals surface area contributed by atoms with Crippen LogP contribution in [0.4, 0.5) is 4.79 Å². The minimum Gasteiger partial charge on any atom is -0.449 e. The van der Waals surface area contributed by atoms with Crippen LogP contribution in [0.3, 0.4) is 0 Å². The van der Waals surface area contributed by atoms with Gasteiger partial charge in [-0.2, -0.15) is 0 Å². The average Bonchev–Trinajstić information content (AvgIpc) is 2.33. The molecule has 19 heavy (non-hydrogen) atoms. The van der Waals surface area contributed by atoms with E-state index in [1.165, 1.54) is 4.90 Å². The predicted molar refractivity (Wildman–Crippen MR) is 65.5 cm³/mol. The second-order valence-corrected chi connectivity index (χ2v) is 5.92. The summed E-state index contributed by atoms with van der Waals surface area (Å²) in [6.45, 7) is 4.68. The van der Waals surface area contributed by atoms with Crippen molar-refractivity contribution in [1.82, 2.24) is 4.90 Å². The molecular formula is C10H20NO7P. The van der Waals surface area contributed by atoms with Crippen molar-refractivity contribution < 1.29 is 33.1 Å². The van der Waals surface area contributed by atoms with Gasteiger partial charge in [0.05, 0.1) is 32.5 Å². The lowest BCUT2D eigenvalue weighted by Crippen LogP contribution is -2.51. The third-order valence-electron chi connectivity index (χ3n) is 2.44. The number of carbonyl (C=O) groups excluding carboxylic acids is 1. The zero-order valence-corrected chi connectivity index (χ0v) is 11.9. The molecule has 112 valence electrons. The first-order chi connectivity index (χ1) is 8.79. The zero-order valence-electron chi connectivity index (χ0n) is 11.0. The van der Waals surface area contributed by atoms with E-state index in [-0.39, 0.29) is 19.1 Å². The second-order valence-electron chi connectivity index (χ2n) is 4.68. The molecule has 0 unspecified atom stereocenters. The first kappa shape index (κ1) is 16.4. The lowest BCUT2D eigenvalue weighted by molar-refractivity contribution is -0.0271. The molecule has 0 saturated carbocycles. The molecule has 1 atom stereocenters. The van der Waals surface area contributed by atoms with Gasteiger partial charge in [-0.05, 0) is 5.92 Å². The highest BCUT2D eigenvalue weighted by atomic mass is 31.2. The summed E-state index contributed by atoms with van der Waals surface area (Å²) in [5, 5.41) is 0. The van der Waals surface area contributed by atoms with E-state index in [0.29, 0.717) is 19.8 Å². The molecule has 9 heteroatoms. The molecule has 0 spiro atoms. The molecule has 1 amide bonds. The van der Waals surface area contributed by atoms with Gasteiger partial charge < -0.3 is 19.3 Å². The maximum atomic E-state index is 11.8. The number of carbonyl (C=O) groups is 1. The van der Waals surface area contributed by atoms with Gasteiger partial charge in [-0.1, -0.05) is 13.8 Å². The van der Waals surface area contributed by atoms with E-state index in [0.717, 1.165) is 0 Å². The molecular weight excluding hydrogens is 277 g/mol. The van der Waals surface area contributed by atoms with Gasteiger partial charge in [-0.15, -0.1) is 0 Å². The Labute approximate surface area is 111 Å². The lowest BCUT2D eigenvalue weighted by Gasteiger charge is -2.34. The Bertz CT molecular complexity index is 343. The highest BCUT2D eigenvalue weighted by Gasteiger charge is 2.30. The lowest BCUT2D eigenvalue weighted by atomic mass is 10.2. The van der Waals surface area contributed by atoms with Gasteiger partial charge >= 0.3 is 13.9 Å². The van der Waals surface area contributed by atoms with Crippen LogP contribution >= 0.6 is 7.82 Å². The van der Waals surface area contributed by atoms with Crippen molar-refractivity contribution in [3.05, 3.63) is 0 Å². The number of phosphoric ester groups is 1. The van der Waals surface area contributed by atoms with Crippen molar-refractivity contribution >= 4 is 13.9 Å². The maximum Gasteiger partial charge on any atom is 0.469 e. The van der Waals surface area contributed by atoms with Crippen molar-refractivity contribution in [3.63, 3.8) is 0 Å². The highest BCUT2D eigenvalue weighted by molar-refractivity contribution is 7.46. The van der Waals surface area contributed by atoms with Gasteiger partial charge in [0.2, 0.25) is 0 Å². The number of nitrogens with zero attached hydrogens (tertiary/aromatic N) is 1. The summed E-state index contributed by atoms with van der Waals surface area (Å²) in [4.78, 5) is 30.5. The van der Waals surface area contributed by atoms with E-state index >= 15 is 0 Å². The van der Waals surface area contributed by atoms with Crippen LogP contribution in [0.25, 0.3) is 0 Å². The van der Waals surface area contributed by atoms with Crippen molar-refractivity contribution in [2.75, 3.05) is 33.0 Å². The van der Waals surface area contributed by atoms with Crippen molar-refractivity contribution in [2.24, 2.45) is 5.92 Å². The van der Waals surface area contributed by atoms with Crippen molar-refractivity contribution in [1.29, 1.82) is 0 Å². The molecule has 0 aromatic heterocycles. The van der Waals surface area contributed by atoms with E-state index in [2.05, 4.69) is 4.52 Å². The number of phosphoric acid groups is 1. The van der Waals surface area contributed by atoms with E-state index in [1.807, 2.05) is 13.8 Å². The Balaban J connectivity index is 2.51. The van der Waals surface area contributed by atoms with Crippen LogP contribution in [0.15, 0.2) is 0 Å². The van der Waals surface area contributed by atoms with Crippen LogP contribution in [0.2, 0.25) is 0 Å². The molecule has 0 aromatic rings. The molecule has 1 aliphatic rings. The van der Waals surface area contributed by atoms with E-state index in [4.69, 9.17) is 19.3 Å². The first-order valence-corrected chi connectivity index (χ1v) is 7.54. The molecule has 0 bridgehead atoms. The number of ether oxygens (including phenoxy) is 2. The molecule has 0 aliphatic carbocycles. The maximum absolute atomic E-state index is 11.8. The molecule has 0 aromatic carbocycles. The third-order valence-corrected chi connectivity index (χ3v) is 2.92. The smallest absolute Gasteiger partial charge is 0.449 e. The summed E-state index contributed by atoms with van der Waals surface area (Å²) in [6, 6.07) is -0.555. The Hall–Kier alpha value is -0.660. The quantitative estimate of drug-likeness (QED) is 0.715. The Morgan fingerprint density at radius 1 is 1.53 bits per heavy atom. The average molecular weight is 297 g/mol. The number of morpholine rings is 1. The fraction of sp³-hybridized carbons (Fsp3) is 0.900. The fourth-order valence-electron chi connectivity index (χ4n) is 1.54. The van der Waals surface area contributed by atoms with Crippen LogP contribution in [0.5, 0.6) is 0 Å². The molecule has 1 aliphatic heterocycles. The Morgan fingerprint density at radius 3 is 2.79 bits per heavy atom. The number of rotatable bonds is 5. The number of hydrogen-bond acceptors (Lipinski definition) is 5. The van der Waals surface area contributed by atoms with Crippen LogP contribution in [-0.2, 0) is 18.6 Å². The Kier molecular flexibility index (Phi) is 6.22. The summed E-state index contributed by atoms with van der Waals surface area (Å²) in [7, 11) is -4.55. The minimum atomic E-state index is -4.55. The molecule has 8 nitrogen and oxygen atoms in total. The predicted octanol–water partition coefficient (Wildman–Crippen LogP) is 0.589. The van der Waals surface area contributed by atoms with Gasteiger partial charge in [0.1, 0.15) is 0 Å². The summed E-state index contributed by atoms with van der Waals surface area (Å²) in [5.41, 5.74) is 0. The summed E-state index contributed by atoms with van der Waals surface area (Å²) in [5.74, 6) is 0.217. The van der Waals surface area contributed by atoms with Gasteiger partial charge in [0.25, 0.3) is 0 Å². The van der Waals surface area contributed by atoms with Crippen LogP contribution < -0.4 is 0 Å². The molecule has 1 heterocycles. The van der Waals surface area contributed by atoms with Gasteiger partial charge in [-0.25, -0.2) is 9.36 Å². The SMILES string of the molecule is CC(C)COC(=O)N1CCOC[C@@H]1COP(=O)(O)O. The van der Waals surface area contributed by atoms with Crippen LogP contribution in [0, 0.1) is 5.92 Å². The molecule has 2 N–H and O–H groups in total. The zero-order chi connectivity index (χ0) is 14.5. The minimum absolute atomic E-state index is 0.163. The topological polar surface area (TPSA) is 106 Å². The van der Waals surface area contributed by atoms with Gasteiger partial charge in [0, 0.05) is 6.54 Å². The Morgan fingerprint density at radius 2 is 2.21 bits per heavy atom. The van der Waals surface area contributed by atoms with Gasteiger partial charge in [0.15, 0.2) is 0 Å². The second kappa shape index (κ2) is 7.21. The monoisotopic (exact) mass is 297 g/mol.